The Balaban J connectivity index is 2.33. The Morgan fingerprint density at radius 2 is 2.15 bits per heavy atom. The summed E-state index contributed by atoms with van der Waals surface area (Å²) in [6.45, 7) is 5.45. The average Bonchev–Trinajstić information content (AvgIpc) is 2.08. The molecular formula is C9H13ClN2O. The van der Waals surface area contributed by atoms with Crippen LogP contribution in [0.2, 0.25) is 5.15 Å². The van der Waals surface area contributed by atoms with Crippen LogP contribution in [0.15, 0.2) is 12.1 Å². The van der Waals surface area contributed by atoms with Crippen LogP contribution in [-0.4, -0.2) is 16.8 Å². The summed E-state index contributed by atoms with van der Waals surface area (Å²) in [5.74, 6) is 0.542. The van der Waals surface area contributed by atoms with E-state index in [1.165, 1.54) is 0 Å². The minimum atomic E-state index is 0.410. The third kappa shape index (κ3) is 4.20. The molecule has 72 valence electrons. The summed E-state index contributed by atoms with van der Waals surface area (Å²) < 4.78 is 5.38. The second kappa shape index (κ2) is 5.14. The predicted molar refractivity (Wildman–Crippen MR) is 51.5 cm³/mol. The Kier molecular flexibility index (Phi) is 4.12. The molecule has 0 bridgehead atoms. The van der Waals surface area contributed by atoms with Crippen LogP contribution >= 0.6 is 11.6 Å². The summed E-state index contributed by atoms with van der Waals surface area (Å²) in [5.41, 5.74) is 0.810. The van der Waals surface area contributed by atoms with Gasteiger partial charge in [0.2, 0.25) is 0 Å². The van der Waals surface area contributed by atoms with Crippen molar-refractivity contribution >= 4 is 11.6 Å². The zero-order valence-corrected chi connectivity index (χ0v) is 8.58. The van der Waals surface area contributed by atoms with E-state index in [9.17, 15) is 0 Å². The maximum atomic E-state index is 5.58. The van der Waals surface area contributed by atoms with Crippen molar-refractivity contribution in [3.05, 3.63) is 23.0 Å². The lowest BCUT2D eigenvalue weighted by atomic mass is 10.2. The SMILES string of the molecule is CC(C)COCc1ccc(Cl)nn1. The molecule has 0 aliphatic heterocycles. The second-order valence-electron chi connectivity index (χ2n) is 3.26. The molecule has 0 aliphatic carbocycles. The van der Waals surface area contributed by atoms with E-state index in [1.54, 1.807) is 6.07 Å². The van der Waals surface area contributed by atoms with Crippen molar-refractivity contribution in [3.63, 3.8) is 0 Å². The van der Waals surface area contributed by atoms with E-state index in [0.29, 0.717) is 17.7 Å². The fourth-order valence-electron chi connectivity index (χ4n) is 0.820. The van der Waals surface area contributed by atoms with Gasteiger partial charge in [-0.05, 0) is 18.1 Å². The number of hydrogen-bond donors (Lipinski definition) is 0. The molecule has 0 atom stereocenters. The van der Waals surface area contributed by atoms with Gasteiger partial charge in [0.25, 0.3) is 0 Å². The van der Waals surface area contributed by atoms with Gasteiger partial charge in [-0.15, -0.1) is 5.10 Å². The summed E-state index contributed by atoms with van der Waals surface area (Å²) in [6, 6.07) is 3.53. The minimum Gasteiger partial charge on any atom is -0.375 e. The molecule has 4 heteroatoms. The summed E-state index contributed by atoms with van der Waals surface area (Å²) in [5, 5.41) is 7.99. The highest BCUT2D eigenvalue weighted by Crippen LogP contribution is 2.03. The normalized spacial score (nSPS) is 10.8. The zero-order valence-electron chi connectivity index (χ0n) is 7.83. The van der Waals surface area contributed by atoms with Crippen LogP contribution in [0, 0.1) is 5.92 Å². The molecule has 0 spiro atoms. The lowest BCUT2D eigenvalue weighted by molar-refractivity contribution is 0.0943. The van der Waals surface area contributed by atoms with Gasteiger partial charge in [-0.1, -0.05) is 25.4 Å². The standard InChI is InChI=1S/C9H13ClN2O/c1-7(2)5-13-6-8-3-4-9(10)12-11-8/h3-4,7H,5-6H2,1-2H3. The third-order valence-corrected chi connectivity index (χ3v) is 1.59. The molecular weight excluding hydrogens is 188 g/mol. The van der Waals surface area contributed by atoms with Crippen LogP contribution < -0.4 is 0 Å². The molecule has 1 aromatic heterocycles. The summed E-state index contributed by atoms with van der Waals surface area (Å²) >= 11 is 5.58. The molecule has 3 nitrogen and oxygen atoms in total. The summed E-state index contributed by atoms with van der Waals surface area (Å²) in [4.78, 5) is 0. The Bertz CT molecular complexity index is 248. The van der Waals surface area contributed by atoms with Gasteiger partial charge in [0.15, 0.2) is 5.15 Å². The Morgan fingerprint density at radius 1 is 1.38 bits per heavy atom. The van der Waals surface area contributed by atoms with Crippen molar-refractivity contribution in [2.75, 3.05) is 6.61 Å². The molecule has 1 rings (SSSR count). The first-order valence-electron chi connectivity index (χ1n) is 4.24. The summed E-state index contributed by atoms with van der Waals surface area (Å²) in [6.07, 6.45) is 0. The van der Waals surface area contributed by atoms with Gasteiger partial charge >= 0.3 is 0 Å². The number of halogens is 1. The first-order valence-corrected chi connectivity index (χ1v) is 4.62. The van der Waals surface area contributed by atoms with Gasteiger partial charge in [0.05, 0.1) is 12.3 Å². The van der Waals surface area contributed by atoms with Gasteiger partial charge in [-0.2, -0.15) is 5.10 Å². The van der Waals surface area contributed by atoms with E-state index < -0.39 is 0 Å². The van der Waals surface area contributed by atoms with E-state index in [2.05, 4.69) is 24.0 Å². The van der Waals surface area contributed by atoms with Gasteiger partial charge in [-0.3, -0.25) is 0 Å². The van der Waals surface area contributed by atoms with Gasteiger partial charge in [0.1, 0.15) is 0 Å². The van der Waals surface area contributed by atoms with Crippen molar-refractivity contribution in [1.82, 2.24) is 10.2 Å². The van der Waals surface area contributed by atoms with Gasteiger partial charge in [0, 0.05) is 6.61 Å². The molecule has 0 saturated heterocycles. The lowest BCUT2D eigenvalue weighted by Gasteiger charge is -2.05. The molecule has 0 saturated carbocycles. The molecule has 0 fully saturated rings. The number of nitrogens with zero attached hydrogens (tertiary/aromatic N) is 2. The second-order valence-corrected chi connectivity index (χ2v) is 3.64. The molecule has 1 aromatic rings. The third-order valence-electron chi connectivity index (χ3n) is 1.39. The highest BCUT2D eigenvalue weighted by molar-refractivity contribution is 6.29. The molecule has 0 aromatic carbocycles. The number of hydrogen-bond acceptors (Lipinski definition) is 3. The van der Waals surface area contributed by atoms with E-state index in [4.69, 9.17) is 16.3 Å². The van der Waals surface area contributed by atoms with E-state index in [1.807, 2.05) is 6.07 Å². The van der Waals surface area contributed by atoms with E-state index in [-0.39, 0.29) is 0 Å². The number of aromatic nitrogens is 2. The van der Waals surface area contributed by atoms with Crippen molar-refractivity contribution in [2.24, 2.45) is 5.92 Å². The predicted octanol–water partition coefficient (Wildman–Crippen LogP) is 2.30. The largest absolute Gasteiger partial charge is 0.375 e. The van der Waals surface area contributed by atoms with Gasteiger partial charge in [-0.25, -0.2) is 0 Å². The van der Waals surface area contributed by atoms with Crippen molar-refractivity contribution in [1.29, 1.82) is 0 Å². The van der Waals surface area contributed by atoms with E-state index in [0.717, 1.165) is 12.3 Å². The number of rotatable bonds is 4. The number of ether oxygens (including phenoxy) is 1. The Hall–Kier alpha value is -0.670. The molecule has 0 aliphatic rings. The van der Waals surface area contributed by atoms with Crippen molar-refractivity contribution in [2.45, 2.75) is 20.5 Å². The Morgan fingerprint density at radius 3 is 2.69 bits per heavy atom. The van der Waals surface area contributed by atoms with Crippen LogP contribution in [0.25, 0.3) is 0 Å². The fourth-order valence-corrected chi connectivity index (χ4v) is 0.921. The van der Waals surface area contributed by atoms with Crippen LogP contribution in [-0.2, 0) is 11.3 Å². The van der Waals surface area contributed by atoms with Crippen LogP contribution in [0.1, 0.15) is 19.5 Å². The van der Waals surface area contributed by atoms with Crippen molar-refractivity contribution in [3.8, 4) is 0 Å². The molecule has 13 heavy (non-hydrogen) atoms. The average molecular weight is 201 g/mol. The smallest absolute Gasteiger partial charge is 0.151 e. The Labute approximate surface area is 83.1 Å². The first kappa shape index (κ1) is 10.4. The monoisotopic (exact) mass is 200 g/mol. The minimum absolute atomic E-state index is 0.410. The van der Waals surface area contributed by atoms with Crippen LogP contribution in [0.3, 0.4) is 0 Å². The molecule has 0 amide bonds. The zero-order chi connectivity index (χ0) is 9.68. The van der Waals surface area contributed by atoms with E-state index >= 15 is 0 Å². The fraction of sp³-hybridized carbons (Fsp3) is 0.556. The molecule has 0 N–H and O–H groups in total. The van der Waals surface area contributed by atoms with Gasteiger partial charge < -0.3 is 4.74 Å². The topological polar surface area (TPSA) is 35.0 Å². The molecule has 0 unspecified atom stereocenters. The maximum Gasteiger partial charge on any atom is 0.151 e. The quantitative estimate of drug-likeness (QED) is 0.748. The first-order chi connectivity index (χ1) is 6.18. The highest BCUT2D eigenvalue weighted by atomic mass is 35.5. The highest BCUT2D eigenvalue weighted by Gasteiger charge is 1.97. The van der Waals surface area contributed by atoms with Crippen molar-refractivity contribution < 1.29 is 4.74 Å². The molecule has 0 radical (unpaired) electrons. The molecule has 1 heterocycles. The maximum absolute atomic E-state index is 5.58. The van der Waals surface area contributed by atoms with Crippen LogP contribution in [0.4, 0.5) is 0 Å². The lowest BCUT2D eigenvalue weighted by Crippen LogP contribution is -2.03. The summed E-state index contributed by atoms with van der Waals surface area (Å²) in [7, 11) is 0. The van der Waals surface area contributed by atoms with Crippen LogP contribution in [0.5, 0.6) is 0 Å².